The van der Waals surface area contributed by atoms with Crippen molar-refractivity contribution in [2.45, 2.75) is 6.92 Å². The van der Waals surface area contributed by atoms with E-state index in [1.807, 2.05) is 12.1 Å². The van der Waals surface area contributed by atoms with Crippen LogP contribution in [0.1, 0.15) is 21.6 Å². The third-order valence-corrected chi connectivity index (χ3v) is 5.29. The number of hydrogen-bond acceptors (Lipinski definition) is 4. The van der Waals surface area contributed by atoms with E-state index < -0.39 is 10.0 Å². The molecule has 29 heavy (non-hydrogen) atoms. The molecule has 0 spiro atoms. The fourth-order valence-electron chi connectivity index (χ4n) is 2.66. The molecule has 0 aliphatic carbocycles. The lowest BCUT2D eigenvalue weighted by molar-refractivity contribution is 0.104. The second-order valence-electron chi connectivity index (χ2n) is 6.30. The molecule has 0 aliphatic rings. The van der Waals surface area contributed by atoms with Gasteiger partial charge in [0.15, 0.2) is 5.78 Å². The molecule has 0 radical (unpaired) electrons. The van der Waals surface area contributed by atoms with Crippen LogP contribution in [0, 0.1) is 6.92 Å². The maximum absolute atomic E-state index is 12.5. The van der Waals surface area contributed by atoms with Crippen LogP contribution in [0.5, 0.6) is 0 Å². The number of carbonyl (C=O) groups excluding carboxylic acids is 1. The Hall–Kier alpha value is -2.61. The highest BCUT2D eigenvalue weighted by Gasteiger charge is 2.15. The van der Waals surface area contributed by atoms with Crippen LogP contribution in [-0.2, 0) is 10.0 Å². The van der Waals surface area contributed by atoms with E-state index in [1.165, 1.54) is 22.9 Å². The van der Waals surface area contributed by atoms with Gasteiger partial charge in [0.25, 0.3) is 0 Å². The normalized spacial score (nSPS) is 11.7. The number of sulfonamides is 1. The van der Waals surface area contributed by atoms with Gasteiger partial charge in [0.1, 0.15) is 5.15 Å². The summed E-state index contributed by atoms with van der Waals surface area (Å²) >= 11 is 12.7. The SMILES string of the molecule is Cc1nn(-c2ccccc2Cl)c(Cl)c1/C=C/C(=O)c1ccc(NS(C)(=O)=O)cc1. The van der Waals surface area contributed by atoms with E-state index in [9.17, 15) is 13.2 Å². The summed E-state index contributed by atoms with van der Waals surface area (Å²) in [6.45, 7) is 1.79. The van der Waals surface area contributed by atoms with Crippen LogP contribution in [0.2, 0.25) is 10.2 Å². The quantitative estimate of drug-likeness (QED) is 0.434. The minimum atomic E-state index is -3.37. The molecular weight excluding hydrogens is 433 g/mol. The summed E-state index contributed by atoms with van der Waals surface area (Å²) in [4.78, 5) is 12.5. The van der Waals surface area contributed by atoms with Gasteiger partial charge < -0.3 is 0 Å². The van der Waals surface area contributed by atoms with Crippen molar-refractivity contribution in [1.29, 1.82) is 0 Å². The number of benzene rings is 2. The van der Waals surface area contributed by atoms with E-state index in [0.29, 0.717) is 38.4 Å². The van der Waals surface area contributed by atoms with Crippen LogP contribution in [0.3, 0.4) is 0 Å². The number of ketones is 1. The molecule has 1 heterocycles. The molecule has 150 valence electrons. The smallest absolute Gasteiger partial charge is 0.229 e. The highest BCUT2D eigenvalue weighted by Crippen LogP contribution is 2.28. The molecule has 0 unspecified atom stereocenters. The average Bonchev–Trinajstić information content (AvgIpc) is 2.93. The van der Waals surface area contributed by atoms with Gasteiger partial charge in [-0.3, -0.25) is 9.52 Å². The third kappa shape index (κ3) is 5.06. The Bertz CT molecular complexity index is 1200. The summed E-state index contributed by atoms with van der Waals surface area (Å²) in [5.74, 6) is -0.253. The standard InChI is InChI=1S/C20H17Cl2N3O3S/c1-13-16(20(22)25(23-13)18-6-4-3-5-17(18)21)11-12-19(26)14-7-9-15(10-8-14)24-29(2,27)28/h3-12,24H,1-2H3/b12-11+. The van der Waals surface area contributed by atoms with Crippen LogP contribution in [0.15, 0.2) is 54.6 Å². The molecule has 0 atom stereocenters. The minimum absolute atomic E-state index is 0.253. The number of aryl methyl sites for hydroxylation is 1. The largest absolute Gasteiger partial charge is 0.289 e. The monoisotopic (exact) mass is 449 g/mol. The molecule has 0 saturated heterocycles. The molecular formula is C20H17Cl2N3O3S. The van der Waals surface area contributed by atoms with Crippen LogP contribution in [0.4, 0.5) is 5.69 Å². The predicted molar refractivity (Wildman–Crippen MR) is 117 cm³/mol. The van der Waals surface area contributed by atoms with Crippen LogP contribution >= 0.6 is 23.2 Å². The van der Waals surface area contributed by atoms with Crippen LogP contribution < -0.4 is 4.72 Å². The van der Waals surface area contributed by atoms with Crippen molar-refractivity contribution in [3.05, 3.63) is 81.6 Å². The van der Waals surface area contributed by atoms with Crippen molar-refractivity contribution < 1.29 is 13.2 Å². The van der Waals surface area contributed by atoms with E-state index in [1.54, 1.807) is 37.3 Å². The molecule has 1 N–H and O–H groups in total. The van der Waals surface area contributed by atoms with Crippen molar-refractivity contribution in [3.8, 4) is 5.69 Å². The van der Waals surface area contributed by atoms with E-state index in [2.05, 4.69) is 9.82 Å². The minimum Gasteiger partial charge on any atom is -0.289 e. The Morgan fingerprint density at radius 3 is 2.38 bits per heavy atom. The summed E-state index contributed by atoms with van der Waals surface area (Å²) in [5, 5.41) is 5.26. The maximum atomic E-state index is 12.5. The molecule has 1 aromatic heterocycles. The molecule has 2 aromatic carbocycles. The third-order valence-electron chi connectivity index (χ3n) is 4.00. The lowest BCUT2D eigenvalue weighted by atomic mass is 10.1. The zero-order chi connectivity index (χ0) is 21.2. The number of para-hydroxylation sites is 1. The Morgan fingerprint density at radius 2 is 1.76 bits per heavy atom. The van der Waals surface area contributed by atoms with Gasteiger partial charge in [0, 0.05) is 16.8 Å². The molecule has 0 bridgehead atoms. The summed E-state index contributed by atoms with van der Waals surface area (Å²) in [7, 11) is -3.37. The van der Waals surface area contributed by atoms with E-state index >= 15 is 0 Å². The van der Waals surface area contributed by atoms with Gasteiger partial charge in [-0.25, -0.2) is 13.1 Å². The van der Waals surface area contributed by atoms with E-state index in [4.69, 9.17) is 23.2 Å². The summed E-state index contributed by atoms with van der Waals surface area (Å²) in [5.41, 5.74) is 2.68. The van der Waals surface area contributed by atoms with Gasteiger partial charge in [-0.05, 0) is 55.5 Å². The molecule has 0 aliphatic heterocycles. The van der Waals surface area contributed by atoms with Crippen molar-refractivity contribution >= 4 is 50.8 Å². The first-order valence-corrected chi connectivity index (χ1v) is 11.1. The van der Waals surface area contributed by atoms with E-state index in [0.717, 1.165) is 6.26 Å². The van der Waals surface area contributed by atoms with Crippen molar-refractivity contribution in [3.63, 3.8) is 0 Å². The van der Waals surface area contributed by atoms with Crippen molar-refractivity contribution in [1.82, 2.24) is 9.78 Å². The van der Waals surface area contributed by atoms with Gasteiger partial charge in [0.05, 0.1) is 22.7 Å². The fourth-order valence-corrected chi connectivity index (χ4v) is 3.76. The number of nitrogens with zero attached hydrogens (tertiary/aromatic N) is 2. The number of rotatable bonds is 6. The predicted octanol–water partition coefficient (Wildman–Crippen LogP) is 4.76. The topological polar surface area (TPSA) is 81.1 Å². The lowest BCUT2D eigenvalue weighted by Gasteiger charge is -2.05. The Labute approximate surface area is 178 Å². The molecule has 0 saturated carbocycles. The lowest BCUT2D eigenvalue weighted by Crippen LogP contribution is -2.09. The van der Waals surface area contributed by atoms with Crippen molar-refractivity contribution in [2.24, 2.45) is 0 Å². The molecule has 0 fully saturated rings. The second kappa shape index (κ2) is 8.41. The summed E-state index contributed by atoms with van der Waals surface area (Å²) in [6.07, 6.45) is 4.05. The zero-order valence-electron chi connectivity index (χ0n) is 15.6. The first kappa shape index (κ1) is 21.1. The van der Waals surface area contributed by atoms with Gasteiger partial charge in [-0.15, -0.1) is 0 Å². The highest BCUT2D eigenvalue weighted by molar-refractivity contribution is 7.92. The van der Waals surface area contributed by atoms with Crippen LogP contribution in [-0.4, -0.2) is 30.2 Å². The molecule has 3 rings (SSSR count). The van der Waals surface area contributed by atoms with E-state index in [-0.39, 0.29) is 5.78 Å². The molecule has 0 amide bonds. The Balaban J connectivity index is 1.83. The number of allylic oxidation sites excluding steroid dienone is 1. The first-order chi connectivity index (χ1) is 13.7. The van der Waals surface area contributed by atoms with Gasteiger partial charge in [-0.1, -0.05) is 35.3 Å². The number of hydrogen-bond donors (Lipinski definition) is 1. The number of carbonyl (C=O) groups is 1. The Morgan fingerprint density at radius 1 is 1.10 bits per heavy atom. The molecule has 3 aromatic rings. The van der Waals surface area contributed by atoms with Gasteiger partial charge in [0.2, 0.25) is 10.0 Å². The number of aromatic nitrogens is 2. The first-order valence-electron chi connectivity index (χ1n) is 8.46. The molecule has 6 nitrogen and oxygen atoms in total. The Kier molecular flexibility index (Phi) is 6.12. The highest BCUT2D eigenvalue weighted by atomic mass is 35.5. The summed E-state index contributed by atoms with van der Waals surface area (Å²) in [6, 6.07) is 13.3. The van der Waals surface area contributed by atoms with Gasteiger partial charge in [-0.2, -0.15) is 5.10 Å². The van der Waals surface area contributed by atoms with Crippen LogP contribution in [0.25, 0.3) is 11.8 Å². The zero-order valence-corrected chi connectivity index (χ0v) is 17.9. The van der Waals surface area contributed by atoms with Gasteiger partial charge >= 0.3 is 0 Å². The molecule has 9 heteroatoms. The summed E-state index contributed by atoms with van der Waals surface area (Å²) < 4.78 is 26.4. The number of anilines is 1. The second-order valence-corrected chi connectivity index (χ2v) is 8.82. The number of halogens is 2. The number of nitrogens with one attached hydrogen (secondary N) is 1. The van der Waals surface area contributed by atoms with Crippen molar-refractivity contribution in [2.75, 3.05) is 11.0 Å². The fraction of sp³-hybridized carbons (Fsp3) is 0.100. The maximum Gasteiger partial charge on any atom is 0.229 e. The average molecular weight is 450 g/mol.